The van der Waals surface area contributed by atoms with Gasteiger partial charge < -0.3 is 4.74 Å². The van der Waals surface area contributed by atoms with E-state index in [1.165, 1.54) is 0 Å². The Morgan fingerprint density at radius 2 is 1.84 bits per heavy atom. The molecular formula is C14H10Cl3NO. The summed E-state index contributed by atoms with van der Waals surface area (Å²) < 4.78 is 5.75. The molecule has 0 unspecified atom stereocenters. The van der Waals surface area contributed by atoms with Gasteiger partial charge in [-0.05, 0) is 31.0 Å². The first-order valence-electron chi connectivity index (χ1n) is 5.92. The van der Waals surface area contributed by atoms with Gasteiger partial charge in [-0.3, -0.25) is 0 Å². The Morgan fingerprint density at radius 1 is 1.05 bits per heavy atom. The normalized spacial score (nSPS) is 14.5. The number of halogens is 3. The van der Waals surface area contributed by atoms with Crippen molar-refractivity contribution in [2.45, 2.75) is 18.9 Å². The Morgan fingerprint density at radius 3 is 2.58 bits per heavy atom. The van der Waals surface area contributed by atoms with E-state index in [0.29, 0.717) is 21.8 Å². The fourth-order valence-corrected chi connectivity index (χ4v) is 2.35. The summed E-state index contributed by atoms with van der Waals surface area (Å²) in [5, 5.41) is 1.06. The first kappa shape index (κ1) is 13.0. The zero-order valence-electron chi connectivity index (χ0n) is 9.87. The third kappa shape index (κ3) is 2.97. The average molecular weight is 315 g/mol. The second-order valence-corrected chi connectivity index (χ2v) is 5.61. The van der Waals surface area contributed by atoms with Crippen LogP contribution in [0.1, 0.15) is 12.8 Å². The van der Waals surface area contributed by atoms with E-state index in [1.54, 1.807) is 6.07 Å². The van der Waals surface area contributed by atoms with Gasteiger partial charge in [-0.2, -0.15) is 0 Å². The molecule has 0 radical (unpaired) electrons. The molecule has 0 N–H and O–H groups in total. The predicted octanol–water partition coefficient (Wildman–Crippen LogP) is 5.25. The lowest BCUT2D eigenvalue weighted by molar-refractivity contribution is 0.303. The summed E-state index contributed by atoms with van der Waals surface area (Å²) in [4.78, 5) is 4.22. The molecule has 1 aliphatic carbocycles. The third-order valence-corrected chi connectivity index (χ3v) is 3.78. The minimum atomic E-state index is 0.245. The highest BCUT2D eigenvalue weighted by Crippen LogP contribution is 2.34. The fourth-order valence-electron chi connectivity index (χ4n) is 1.74. The number of pyridine rings is 1. The SMILES string of the molecule is Clc1cc(Cl)c(-c2cccc(OC3CC3)c2)nc1Cl. The fraction of sp³-hybridized carbons (Fsp3) is 0.214. The van der Waals surface area contributed by atoms with E-state index in [4.69, 9.17) is 39.5 Å². The van der Waals surface area contributed by atoms with Gasteiger partial charge in [0.05, 0.1) is 21.8 Å². The average Bonchev–Trinajstić information content (AvgIpc) is 3.18. The number of nitrogens with zero attached hydrogens (tertiary/aromatic N) is 1. The van der Waals surface area contributed by atoms with Crippen LogP contribution in [0.2, 0.25) is 15.2 Å². The minimum absolute atomic E-state index is 0.245. The second kappa shape index (κ2) is 5.20. The molecule has 1 aromatic heterocycles. The molecule has 98 valence electrons. The van der Waals surface area contributed by atoms with Gasteiger partial charge in [0, 0.05) is 5.56 Å². The van der Waals surface area contributed by atoms with E-state index < -0.39 is 0 Å². The monoisotopic (exact) mass is 313 g/mol. The highest BCUT2D eigenvalue weighted by atomic mass is 35.5. The molecule has 1 aliphatic rings. The molecular weight excluding hydrogens is 305 g/mol. The highest BCUT2D eigenvalue weighted by molar-refractivity contribution is 6.42. The molecule has 2 nitrogen and oxygen atoms in total. The Bertz CT molecular complexity index is 626. The Hall–Kier alpha value is -0.960. The van der Waals surface area contributed by atoms with Crippen LogP contribution in [0, 0.1) is 0 Å². The summed E-state index contributed by atoms with van der Waals surface area (Å²) in [6.45, 7) is 0. The van der Waals surface area contributed by atoms with Gasteiger partial charge in [0.15, 0.2) is 0 Å². The standard InChI is InChI=1S/C14H10Cl3NO/c15-11-7-12(16)14(17)18-13(11)8-2-1-3-10(6-8)19-9-4-5-9/h1-3,6-7,9H,4-5H2. The van der Waals surface area contributed by atoms with E-state index in [1.807, 2.05) is 24.3 Å². The number of ether oxygens (including phenoxy) is 1. The van der Waals surface area contributed by atoms with Gasteiger partial charge in [0.1, 0.15) is 10.9 Å². The molecule has 5 heteroatoms. The number of rotatable bonds is 3. The van der Waals surface area contributed by atoms with Crippen LogP contribution in [0.3, 0.4) is 0 Å². The Balaban J connectivity index is 1.98. The maximum absolute atomic E-state index is 6.16. The van der Waals surface area contributed by atoms with Crippen molar-refractivity contribution in [3.8, 4) is 17.0 Å². The molecule has 1 heterocycles. The molecule has 0 spiro atoms. The van der Waals surface area contributed by atoms with Crippen LogP contribution in [0.25, 0.3) is 11.3 Å². The molecule has 3 rings (SSSR count). The number of benzene rings is 1. The summed E-state index contributed by atoms with van der Waals surface area (Å²) in [6, 6.07) is 9.26. The first-order chi connectivity index (χ1) is 9.13. The molecule has 0 amide bonds. The van der Waals surface area contributed by atoms with Gasteiger partial charge in [0.25, 0.3) is 0 Å². The van der Waals surface area contributed by atoms with Crippen molar-refractivity contribution < 1.29 is 4.74 Å². The summed E-state index contributed by atoms with van der Waals surface area (Å²) in [6.07, 6.45) is 2.60. The molecule has 1 aromatic carbocycles. The molecule has 0 saturated heterocycles. The lowest BCUT2D eigenvalue weighted by atomic mass is 10.1. The zero-order chi connectivity index (χ0) is 13.4. The van der Waals surface area contributed by atoms with Gasteiger partial charge in [-0.15, -0.1) is 0 Å². The summed E-state index contributed by atoms with van der Waals surface area (Å²) in [7, 11) is 0. The Kier molecular flexibility index (Phi) is 3.57. The van der Waals surface area contributed by atoms with Crippen molar-refractivity contribution in [3.63, 3.8) is 0 Å². The van der Waals surface area contributed by atoms with Crippen molar-refractivity contribution >= 4 is 34.8 Å². The van der Waals surface area contributed by atoms with Gasteiger partial charge in [-0.1, -0.05) is 46.9 Å². The van der Waals surface area contributed by atoms with Crippen molar-refractivity contribution in [1.82, 2.24) is 4.98 Å². The number of aromatic nitrogens is 1. The van der Waals surface area contributed by atoms with Crippen LogP contribution in [0.15, 0.2) is 30.3 Å². The van der Waals surface area contributed by atoms with E-state index in [0.717, 1.165) is 24.2 Å². The molecule has 0 aliphatic heterocycles. The van der Waals surface area contributed by atoms with Crippen LogP contribution < -0.4 is 4.74 Å². The molecule has 0 bridgehead atoms. The largest absolute Gasteiger partial charge is 0.490 e. The number of hydrogen-bond acceptors (Lipinski definition) is 2. The van der Waals surface area contributed by atoms with E-state index in [9.17, 15) is 0 Å². The van der Waals surface area contributed by atoms with Crippen LogP contribution >= 0.6 is 34.8 Å². The van der Waals surface area contributed by atoms with E-state index >= 15 is 0 Å². The predicted molar refractivity (Wildman–Crippen MR) is 78.4 cm³/mol. The van der Waals surface area contributed by atoms with Crippen molar-refractivity contribution in [2.75, 3.05) is 0 Å². The van der Waals surface area contributed by atoms with Gasteiger partial charge in [0.2, 0.25) is 0 Å². The van der Waals surface area contributed by atoms with E-state index in [2.05, 4.69) is 4.98 Å². The smallest absolute Gasteiger partial charge is 0.148 e. The van der Waals surface area contributed by atoms with Crippen LogP contribution in [0.5, 0.6) is 5.75 Å². The lowest BCUT2D eigenvalue weighted by Crippen LogP contribution is -1.96. The Labute approximate surface area is 126 Å². The van der Waals surface area contributed by atoms with Crippen LogP contribution in [0.4, 0.5) is 0 Å². The van der Waals surface area contributed by atoms with Crippen molar-refractivity contribution in [1.29, 1.82) is 0 Å². The molecule has 0 atom stereocenters. The third-order valence-electron chi connectivity index (χ3n) is 2.82. The van der Waals surface area contributed by atoms with Crippen LogP contribution in [-0.4, -0.2) is 11.1 Å². The topological polar surface area (TPSA) is 22.1 Å². The molecule has 1 saturated carbocycles. The highest BCUT2D eigenvalue weighted by Gasteiger charge is 2.23. The second-order valence-electron chi connectivity index (χ2n) is 4.44. The van der Waals surface area contributed by atoms with Gasteiger partial charge in [-0.25, -0.2) is 4.98 Å². The lowest BCUT2D eigenvalue weighted by Gasteiger charge is -2.08. The summed E-state index contributed by atoms with van der Waals surface area (Å²) in [5.41, 5.74) is 1.47. The van der Waals surface area contributed by atoms with Gasteiger partial charge >= 0.3 is 0 Å². The zero-order valence-corrected chi connectivity index (χ0v) is 12.1. The van der Waals surface area contributed by atoms with Crippen LogP contribution in [-0.2, 0) is 0 Å². The maximum Gasteiger partial charge on any atom is 0.148 e. The summed E-state index contributed by atoms with van der Waals surface area (Å²) in [5.74, 6) is 0.823. The molecule has 1 fully saturated rings. The molecule has 19 heavy (non-hydrogen) atoms. The molecule has 2 aromatic rings. The first-order valence-corrected chi connectivity index (χ1v) is 7.05. The maximum atomic E-state index is 6.16. The van der Waals surface area contributed by atoms with E-state index in [-0.39, 0.29) is 5.15 Å². The number of hydrogen-bond donors (Lipinski definition) is 0. The van der Waals surface area contributed by atoms with Crippen molar-refractivity contribution in [3.05, 3.63) is 45.5 Å². The quantitative estimate of drug-likeness (QED) is 0.722. The van der Waals surface area contributed by atoms with Crippen molar-refractivity contribution in [2.24, 2.45) is 0 Å². The summed E-state index contributed by atoms with van der Waals surface area (Å²) >= 11 is 18.0. The minimum Gasteiger partial charge on any atom is -0.490 e.